The van der Waals surface area contributed by atoms with E-state index in [1.165, 1.54) is 23.1 Å². The number of imidazole rings is 1. The van der Waals surface area contributed by atoms with Crippen molar-refractivity contribution in [1.82, 2.24) is 19.7 Å². The van der Waals surface area contributed by atoms with E-state index in [0.29, 0.717) is 28.9 Å². The number of thioether (sulfide) groups is 1. The molecule has 0 radical (unpaired) electrons. The van der Waals surface area contributed by atoms with Crippen LogP contribution < -0.4 is 5.43 Å². The van der Waals surface area contributed by atoms with E-state index >= 15 is 0 Å². The summed E-state index contributed by atoms with van der Waals surface area (Å²) in [5.41, 5.74) is 3.63. The van der Waals surface area contributed by atoms with Crippen LogP contribution in [0.25, 0.3) is 4.96 Å². The predicted octanol–water partition coefficient (Wildman–Crippen LogP) is 1.30. The van der Waals surface area contributed by atoms with Gasteiger partial charge in [0.25, 0.3) is 5.91 Å². The van der Waals surface area contributed by atoms with Crippen LogP contribution in [0.4, 0.5) is 0 Å². The molecule has 2 aromatic rings. The molecule has 7 nitrogen and oxygen atoms in total. The Morgan fingerprint density at radius 1 is 1.57 bits per heavy atom. The van der Waals surface area contributed by atoms with Gasteiger partial charge < -0.3 is 0 Å². The van der Waals surface area contributed by atoms with Gasteiger partial charge in [0, 0.05) is 18.1 Å². The van der Waals surface area contributed by atoms with Gasteiger partial charge in [0.1, 0.15) is 5.69 Å². The van der Waals surface area contributed by atoms with Gasteiger partial charge in [-0.2, -0.15) is 0 Å². The van der Waals surface area contributed by atoms with Crippen molar-refractivity contribution in [3.8, 4) is 0 Å². The summed E-state index contributed by atoms with van der Waals surface area (Å²) in [7, 11) is 0. The number of aromatic nitrogens is 2. The van der Waals surface area contributed by atoms with E-state index in [4.69, 9.17) is 0 Å². The average Bonchev–Trinajstić information content (AvgIpc) is 3.10. The molecule has 2 amide bonds. The standard InChI is InChI=1S/C12H13N5O2S2/c1-3-16-8(18)6-21-12(16)15-14-10(19)9-7(2)13-11-17(9)4-5-20-11/h4-5H,3,6H2,1-2H3,(H,14,19)/b15-12-. The van der Waals surface area contributed by atoms with Crippen LogP contribution in [-0.4, -0.2) is 43.6 Å². The summed E-state index contributed by atoms with van der Waals surface area (Å²) in [5.74, 6) is 0.0430. The molecule has 9 heteroatoms. The van der Waals surface area contributed by atoms with E-state index in [-0.39, 0.29) is 11.8 Å². The van der Waals surface area contributed by atoms with E-state index in [9.17, 15) is 9.59 Å². The molecule has 1 N–H and O–H groups in total. The molecule has 110 valence electrons. The van der Waals surface area contributed by atoms with Crippen molar-refractivity contribution in [2.75, 3.05) is 12.3 Å². The van der Waals surface area contributed by atoms with Crippen LogP contribution in [0.2, 0.25) is 0 Å². The summed E-state index contributed by atoms with van der Waals surface area (Å²) < 4.78 is 1.74. The maximum Gasteiger partial charge on any atom is 0.290 e. The fourth-order valence-corrected chi connectivity index (χ4v) is 3.78. The minimum absolute atomic E-state index is 0.0104. The maximum atomic E-state index is 12.3. The largest absolute Gasteiger partial charge is 0.290 e. The SMILES string of the molecule is CCN1C(=O)CS/C1=N\NC(=O)c1c(C)nc2sccn12. The van der Waals surface area contributed by atoms with E-state index in [1.54, 1.807) is 22.4 Å². The highest BCUT2D eigenvalue weighted by Crippen LogP contribution is 2.19. The fourth-order valence-electron chi connectivity index (χ4n) is 2.11. The quantitative estimate of drug-likeness (QED) is 0.864. The zero-order valence-electron chi connectivity index (χ0n) is 11.5. The number of nitrogens with one attached hydrogen (secondary N) is 1. The Labute approximate surface area is 129 Å². The highest BCUT2D eigenvalue weighted by Gasteiger charge is 2.27. The molecule has 0 saturated carbocycles. The Bertz CT molecular complexity index is 748. The second-order valence-electron chi connectivity index (χ2n) is 4.36. The normalized spacial score (nSPS) is 17.1. The molecule has 1 aliphatic rings. The molecule has 0 spiro atoms. The van der Waals surface area contributed by atoms with Gasteiger partial charge in [0.2, 0.25) is 5.91 Å². The molecule has 2 aromatic heterocycles. The van der Waals surface area contributed by atoms with Crippen molar-refractivity contribution in [2.45, 2.75) is 13.8 Å². The third-order valence-corrected chi connectivity index (χ3v) is 4.80. The van der Waals surface area contributed by atoms with E-state index in [1.807, 2.05) is 12.3 Å². The van der Waals surface area contributed by atoms with Gasteiger partial charge in [-0.1, -0.05) is 11.8 Å². The highest BCUT2D eigenvalue weighted by atomic mass is 32.2. The van der Waals surface area contributed by atoms with Crippen LogP contribution >= 0.6 is 23.1 Å². The van der Waals surface area contributed by atoms with Gasteiger partial charge in [-0.15, -0.1) is 16.4 Å². The van der Waals surface area contributed by atoms with Crippen molar-refractivity contribution < 1.29 is 9.59 Å². The van der Waals surface area contributed by atoms with Crippen LogP contribution in [-0.2, 0) is 4.79 Å². The van der Waals surface area contributed by atoms with Gasteiger partial charge in [0.05, 0.1) is 11.4 Å². The molecule has 1 aliphatic heterocycles. The number of hydrogen-bond donors (Lipinski definition) is 1. The van der Waals surface area contributed by atoms with Crippen molar-refractivity contribution in [3.63, 3.8) is 0 Å². The summed E-state index contributed by atoms with van der Waals surface area (Å²) in [4.78, 5) is 30.5. The lowest BCUT2D eigenvalue weighted by molar-refractivity contribution is -0.123. The maximum absolute atomic E-state index is 12.3. The summed E-state index contributed by atoms with van der Waals surface area (Å²) in [6, 6.07) is 0. The molecule has 0 unspecified atom stereocenters. The molecule has 1 fully saturated rings. The van der Waals surface area contributed by atoms with Crippen LogP contribution in [0, 0.1) is 6.92 Å². The van der Waals surface area contributed by atoms with Crippen LogP contribution in [0.15, 0.2) is 16.7 Å². The Balaban J connectivity index is 1.82. The van der Waals surface area contributed by atoms with E-state index in [0.717, 1.165) is 4.96 Å². The number of carbonyl (C=O) groups excluding carboxylic acids is 2. The number of fused-ring (bicyclic) bond motifs is 1. The van der Waals surface area contributed by atoms with Gasteiger partial charge in [-0.25, -0.2) is 10.4 Å². The monoisotopic (exact) mass is 323 g/mol. The highest BCUT2D eigenvalue weighted by molar-refractivity contribution is 8.15. The molecule has 3 rings (SSSR count). The number of thiazole rings is 1. The van der Waals surface area contributed by atoms with Crippen molar-refractivity contribution in [1.29, 1.82) is 0 Å². The van der Waals surface area contributed by atoms with E-state index < -0.39 is 0 Å². The summed E-state index contributed by atoms with van der Waals surface area (Å²) >= 11 is 2.79. The van der Waals surface area contributed by atoms with Gasteiger partial charge in [0.15, 0.2) is 10.1 Å². The Morgan fingerprint density at radius 3 is 3.14 bits per heavy atom. The molecule has 1 saturated heterocycles. The molecule has 0 bridgehead atoms. The lowest BCUT2D eigenvalue weighted by atomic mass is 10.3. The second kappa shape index (κ2) is 5.49. The van der Waals surface area contributed by atoms with Gasteiger partial charge >= 0.3 is 0 Å². The number of amidine groups is 1. The molecule has 21 heavy (non-hydrogen) atoms. The number of hydrazone groups is 1. The molecule has 0 atom stereocenters. The Hall–Kier alpha value is -1.87. The fraction of sp³-hybridized carbons (Fsp3) is 0.333. The third-order valence-electron chi connectivity index (χ3n) is 3.08. The smallest absolute Gasteiger partial charge is 0.289 e. The number of amides is 2. The first-order chi connectivity index (χ1) is 10.1. The van der Waals surface area contributed by atoms with Crippen LogP contribution in [0.5, 0.6) is 0 Å². The number of nitrogens with zero attached hydrogens (tertiary/aromatic N) is 4. The minimum Gasteiger partial charge on any atom is -0.289 e. The zero-order chi connectivity index (χ0) is 15.0. The minimum atomic E-state index is -0.332. The molecule has 0 aliphatic carbocycles. The van der Waals surface area contributed by atoms with Crippen LogP contribution in [0.1, 0.15) is 23.1 Å². The lowest BCUT2D eigenvalue weighted by Gasteiger charge is -2.12. The van der Waals surface area contributed by atoms with Gasteiger partial charge in [-0.05, 0) is 13.8 Å². The molecule has 3 heterocycles. The predicted molar refractivity (Wildman–Crippen MR) is 82.6 cm³/mol. The second-order valence-corrected chi connectivity index (χ2v) is 6.18. The van der Waals surface area contributed by atoms with Gasteiger partial charge in [-0.3, -0.25) is 18.9 Å². The first-order valence-corrected chi connectivity index (χ1v) is 8.21. The summed E-state index contributed by atoms with van der Waals surface area (Å²) in [6.45, 7) is 4.20. The first-order valence-electron chi connectivity index (χ1n) is 6.35. The number of aryl methyl sites for hydroxylation is 1. The number of rotatable bonds is 3. The van der Waals surface area contributed by atoms with Crippen LogP contribution in [0.3, 0.4) is 0 Å². The third kappa shape index (κ3) is 2.42. The van der Waals surface area contributed by atoms with E-state index in [2.05, 4.69) is 15.5 Å². The lowest BCUT2D eigenvalue weighted by Crippen LogP contribution is -2.31. The molecular weight excluding hydrogens is 310 g/mol. The molecule has 0 aromatic carbocycles. The topological polar surface area (TPSA) is 79.1 Å². The first kappa shape index (κ1) is 14.1. The number of carbonyl (C=O) groups is 2. The van der Waals surface area contributed by atoms with Crippen molar-refractivity contribution in [2.24, 2.45) is 5.10 Å². The summed E-state index contributed by atoms with van der Waals surface area (Å²) in [5, 5.41) is 6.46. The zero-order valence-corrected chi connectivity index (χ0v) is 13.1. The average molecular weight is 323 g/mol. The van der Waals surface area contributed by atoms with Crippen molar-refractivity contribution in [3.05, 3.63) is 23.0 Å². The van der Waals surface area contributed by atoms with Crippen molar-refractivity contribution >= 4 is 45.0 Å². The number of hydrogen-bond acceptors (Lipinski definition) is 6. The Morgan fingerprint density at radius 2 is 2.38 bits per heavy atom. The Kier molecular flexibility index (Phi) is 3.68. The summed E-state index contributed by atoms with van der Waals surface area (Å²) in [6.07, 6.45) is 1.80. The molecular formula is C12H13N5O2S2.